The summed E-state index contributed by atoms with van der Waals surface area (Å²) in [5.41, 5.74) is 1.15. The summed E-state index contributed by atoms with van der Waals surface area (Å²) in [7, 11) is 2.17. The monoisotopic (exact) mass is 235 g/mol. The molecule has 2 aliphatic rings. The van der Waals surface area contributed by atoms with Gasteiger partial charge < -0.3 is 14.6 Å². The van der Waals surface area contributed by atoms with Crippen LogP contribution in [0.5, 0.6) is 0 Å². The zero-order valence-corrected chi connectivity index (χ0v) is 10.5. The number of likely N-dealkylation sites (tertiary alicyclic amines) is 1. The molecule has 1 aromatic heterocycles. The summed E-state index contributed by atoms with van der Waals surface area (Å²) in [6, 6.07) is 0.344. The van der Waals surface area contributed by atoms with E-state index in [1.165, 1.54) is 25.8 Å². The number of rotatable bonds is 2. The zero-order valence-electron chi connectivity index (χ0n) is 10.5. The Morgan fingerprint density at radius 3 is 3.06 bits per heavy atom. The molecule has 0 amide bonds. The molecule has 0 saturated carbocycles. The average molecular weight is 235 g/mol. The van der Waals surface area contributed by atoms with Crippen LogP contribution in [0.25, 0.3) is 0 Å². The third kappa shape index (κ3) is 2.38. The molecule has 3 heterocycles. The number of likely N-dealkylation sites (N-methyl/N-ethyl adjacent to an activating group) is 1. The number of hydrogen-bond acceptors (Lipinski definition) is 4. The predicted octanol–water partition coefficient (Wildman–Crippen LogP) is 1.91. The Bertz CT molecular complexity index is 351. The third-order valence-electron chi connectivity index (χ3n) is 3.96. The van der Waals surface area contributed by atoms with Crippen LogP contribution in [-0.2, 0) is 0 Å². The van der Waals surface area contributed by atoms with E-state index in [0.29, 0.717) is 12.0 Å². The van der Waals surface area contributed by atoms with E-state index in [4.69, 9.17) is 9.40 Å². The van der Waals surface area contributed by atoms with Crippen molar-refractivity contribution < 1.29 is 4.42 Å². The van der Waals surface area contributed by atoms with Crippen molar-refractivity contribution in [2.45, 2.75) is 37.6 Å². The van der Waals surface area contributed by atoms with E-state index in [2.05, 4.69) is 17.3 Å². The summed E-state index contributed by atoms with van der Waals surface area (Å²) in [5.74, 6) is 1.47. The first-order valence-corrected chi connectivity index (χ1v) is 6.70. The van der Waals surface area contributed by atoms with Crippen LogP contribution in [0.15, 0.2) is 10.7 Å². The SMILES string of the molecule is CN1CCC(c2coc(C3CCCCN3)n2)C1. The lowest BCUT2D eigenvalue weighted by Gasteiger charge is -2.20. The smallest absolute Gasteiger partial charge is 0.211 e. The Kier molecular flexibility index (Phi) is 3.16. The minimum atomic E-state index is 0.344. The lowest BCUT2D eigenvalue weighted by atomic mass is 10.0. The van der Waals surface area contributed by atoms with E-state index in [1.807, 2.05) is 6.26 Å². The molecule has 0 bridgehead atoms. The van der Waals surface area contributed by atoms with Gasteiger partial charge in [0.15, 0.2) is 0 Å². The fourth-order valence-corrected chi connectivity index (χ4v) is 2.89. The Morgan fingerprint density at radius 2 is 2.35 bits per heavy atom. The molecular weight excluding hydrogens is 214 g/mol. The van der Waals surface area contributed by atoms with Crippen molar-refractivity contribution in [1.82, 2.24) is 15.2 Å². The van der Waals surface area contributed by atoms with Crippen LogP contribution in [0, 0.1) is 0 Å². The summed E-state index contributed by atoms with van der Waals surface area (Å²) in [6.07, 6.45) is 6.79. The van der Waals surface area contributed by atoms with Crippen molar-refractivity contribution in [3.63, 3.8) is 0 Å². The summed E-state index contributed by atoms with van der Waals surface area (Å²) in [5, 5.41) is 3.48. The van der Waals surface area contributed by atoms with Gasteiger partial charge in [0.1, 0.15) is 6.26 Å². The number of aromatic nitrogens is 1. The number of hydrogen-bond donors (Lipinski definition) is 1. The molecule has 1 N–H and O–H groups in total. The van der Waals surface area contributed by atoms with E-state index in [9.17, 15) is 0 Å². The fraction of sp³-hybridized carbons (Fsp3) is 0.769. The Hall–Kier alpha value is -0.870. The Morgan fingerprint density at radius 1 is 1.41 bits per heavy atom. The van der Waals surface area contributed by atoms with Gasteiger partial charge in [0.2, 0.25) is 5.89 Å². The maximum absolute atomic E-state index is 5.66. The molecular formula is C13H21N3O. The van der Waals surface area contributed by atoms with E-state index < -0.39 is 0 Å². The van der Waals surface area contributed by atoms with Gasteiger partial charge in [0, 0.05) is 12.5 Å². The standard InChI is InChI=1S/C13H21N3O/c1-16-7-5-10(8-16)12-9-17-13(15-12)11-4-2-3-6-14-11/h9-11,14H,2-8H2,1H3. The normalized spacial score (nSPS) is 30.9. The predicted molar refractivity (Wildman–Crippen MR) is 66.0 cm³/mol. The molecule has 94 valence electrons. The lowest BCUT2D eigenvalue weighted by Crippen LogP contribution is -2.27. The minimum absolute atomic E-state index is 0.344. The molecule has 2 atom stereocenters. The molecule has 2 unspecified atom stereocenters. The first kappa shape index (κ1) is 11.2. The van der Waals surface area contributed by atoms with Gasteiger partial charge in [-0.05, 0) is 39.4 Å². The van der Waals surface area contributed by atoms with Crippen molar-refractivity contribution in [3.05, 3.63) is 17.8 Å². The topological polar surface area (TPSA) is 41.3 Å². The van der Waals surface area contributed by atoms with Crippen LogP contribution >= 0.6 is 0 Å². The highest BCUT2D eigenvalue weighted by molar-refractivity contribution is 5.09. The minimum Gasteiger partial charge on any atom is -0.447 e. The number of piperidine rings is 1. The van der Waals surface area contributed by atoms with Gasteiger partial charge in [-0.2, -0.15) is 0 Å². The van der Waals surface area contributed by atoms with Crippen LogP contribution < -0.4 is 5.32 Å². The number of nitrogens with one attached hydrogen (secondary N) is 1. The molecule has 0 aromatic carbocycles. The van der Waals surface area contributed by atoms with E-state index in [1.54, 1.807) is 0 Å². The van der Waals surface area contributed by atoms with Crippen molar-refractivity contribution >= 4 is 0 Å². The maximum Gasteiger partial charge on any atom is 0.211 e. The molecule has 3 rings (SSSR count). The van der Waals surface area contributed by atoms with Crippen molar-refractivity contribution in [2.24, 2.45) is 0 Å². The second kappa shape index (κ2) is 4.78. The highest BCUT2D eigenvalue weighted by Gasteiger charge is 2.26. The van der Waals surface area contributed by atoms with Crippen LogP contribution in [0.4, 0.5) is 0 Å². The summed E-state index contributed by atoms with van der Waals surface area (Å²) < 4.78 is 5.66. The third-order valence-corrected chi connectivity index (χ3v) is 3.96. The molecule has 0 radical (unpaired) electrons. The fourth-order valence-electron chi connectivity index (χ4n) is 2.89. The second-order valence-electron chi connectivity index (χ2n) is 5.36. The highest BCUT2D eigenvalue weighted by Crippen LogP contribution is 2.28. The first-order valence-electron chi connectivity index (χ1n) is 6.70. The van der Waals surface area contributed by atoms with Crippen LogP contribution in [0.1, 0.15) is 49.2 Å². The van der Waals surface area contributed by atoms with Crippen LogP contribution in [-0.4, -0.2) is 36.6 Å². The molecule has 2 aliphatic heterocycles. The Labute approximate surface area is 102 Å². The van der Waals surface area contributed by atoms with E-state index >= 15 is 0 Å². The Balaban J connectivity index is 1.69. The van der Waals surface area contributed by atoms with Crippen molar-refractivity contribution in [2.75, 3.05) is 26.7 Å². The molecule has 1 aromatic rings. The molecule has 0 spiro atoms. The number of oxazole rings is 1. The van der Waals surface area contributed by atoms with Gasteiger partial charge in [-0.1, -0.05) is 6.42 Å². The van der Waals surface area contributed by atoms with Gasteiger partial charge in [0.25, 0.3) is 0 Å². The van der Waals surface area contributed by atoms with Crippen molar-refractivity contribution in [3.8, 4) is 0 Å². The van der Waals surface area contributed by atoms with Gasteiger partial charge in [0.05, 0.1) is 11.7 Å². The van der Waals surface area contributed by atoms with E-state index in [-0.39, 0.29) is 0 Å². The average Bonchev–Trinajstić information content (AvgIpc) is 2.98. The van der Waals surface area contributed by atoms with Gasteiger partial charge in [-0.25, -0.2) is 4.98 Å². The number of nitrogens with zero attached hydrogens (tertiary/aromatic N) is 2. The lowest BCUT2D eigenvalue weighted by molar-refractivity contribution is 0.338. The molecule has 4 nitrogen and oxygen atoms in total. The summed E-state index contributed by atoms with van der Waals surface area (Å²) in [4.78, 5) is 7.05. The summed E-state index contributed by atoms with van der Waals surface area (Å²) in [6.45, 7) is 3.38. The summed E-state index contributed by atoms with van der Waals surface area (Å²) >= 11 is 0. The molecule has 2 fully saturated rings. The van der Waals surface area contributed by atoms with Gasteiger partial charge >= 0.3 is 0 Å². The largest absolute Gasteiger partial charge is 0.447 e. The second-order valence-corrected chi connectivity index (χ2v) is 5.36. The highest BCUT2D eigenvalue weighted by atomic mass is 16.3. The van der Waals surface area contributed by atoms with E-state index in [0.717, 1.165) is 31.1 Å². The molecule has 4 heteroatoms. The van der Waals surface area contributed by atoms with Gasteiger partial charge in [-0.3, -0.25) is 0 Å². The van der Waals surface area contributed by atoms with Crippen LogP contribution in [0.2, 0.25) is 0 Å². The van der Waals surface area contributed by atoms with Crippen molar-refractivity contribution in [1.29, 1.82) is 0 Å². The first-order chi connectivity index (χ1) is 8.33. The van der Waals surface area contributed by atoms with Crippen LogP contribution in [0.3, 0.4) is 0 Å². The molecule has 17 heavy (non-hydrogen) atoms. The molecule has 2 saturated heterocycles. The maximum atomic E-state index is 5.66. The zero-order chi connectivity index (χ0) is 11.7. The van der Waals surface area contributed by atoms with Gasteiger partial charge in [-0.15, -0.1) is 0 Å². The quantitative estimate of drug-likeness (QED) is 0.850. The molecule has 0 aliphatic carbocycles.